The summed E-state index contributed by atoms with van der Waals surface area (Å²) in [5.41, 5.74) is 2.17. The molecule has 0 saturated heterocycles. The minimum Gasteiger partial charge on any atom is -0.374 e. The first-order valence-corrected chi connectivity index (χ1v) is 6.04. The van der Waals surface area contributed by atoms with Gasteiger partial charge < -0.3 is 4.74 Å². The van der Waals surface area contributed by atoms with Crippen molar-refractivity contribution in [2.24, 2.45) is 0 Å². The van der Waals surface area contributed by atoms with E-state index in [4.69, 9.17) is 16.3 Å². The largest absolute Gasteiger partial charge is 0.374 e. The summed E-state index contributed by atoms with van der Waals surface area (Å²) in [5, 5.41) is 0.592. The van der Waals surface area contributed by atoms with Gasteiger partial charge in [-0.25, -0.2) is 9.97 Å². The molecule has 3 nitrogen and oxygen atoms in total. The molecular weight excluding hydrogens is 220 g/mol. The minimum atomic E-state index is 0.453. The van der Waals surface area contributed by atoms with Crippen molar-refractivity contribution in [3.63, 3.8) is 0 Å². The standard InChI is InChI=1S/C9H11ClN2OS/c1-2-13-3-8-11-7-5-14-4-6(7)9(10)12-8/h2-5H2,1H3. The van der Waals surface area contributed by atoms with Gasteiger partial charge in [-0.05, 0) is 6.92 Å². The Morgan fingerprint density at radius 1 is 1.43 bits per heavy atom. The Morgan fingerprint density at radius 3 is 3.07 bits per heavy atom. The van der Waals surface area contributed by atoms with Crippen molar-refractivity contribution in [2.75, 3.05) is 6.61 Å². The van der Waals surface area contributed by atoms with E-state index in [1.165, 1.54) is 0 Å². The van der Waals surface area contributed by atoms with E-state index in [1.807, 2.05) is 18.7 Å². The zero-order chi connectivity index (χ0) is 9.97. The van der Waals surface area contributed by atoms with E-state index in [0.717, 1.165) is 22.8 Å². The molecule has 76 valence electrons. The molecule has 0 fully saturated rings. The van der Waals surface area contributed by atoms with Crippen molar-refractivity contribution in [1.82, 2.24) is 9.97 Å². The molecule has 1 aliphatic rings. The van der Waals surface area contributed by atoms with Crippen molar-refractivity contribution in [1.29, 1.82) is 0 Å². The molecular formula is C9H11ClN2OS. The molecule has 0 N–H and O–H groups in total. The molecule has 0 aliphatic carbocycles. The highest BCUT2D eigenvalue weighted by atomic mass is 35.5. The van der Waals surface area contributed by atoms with Gasteiger partial charge in [0.2, 0.25) is 0 Å². The van der Waals surface area contributed by atoms with Crippen LogP contribution in [0.25, 0.3) is 0 Å². The number of ether oxygens (including phenoxy) is 1. The molecule has 0 amide bonds. The smallest absolute Gasteiger partial charge is 0.156 e. The van der Waals surface area contributed by atoms with Crippen LogP contribution in [0.5, 0.6) is 0 Å². The van der Waals surface area contributed by atoms with Crippen LogP contribution in [0.3, 0.4) is 0 Å². The van der Waals surface area contributed by atoms with Gasteiger partial charge in [0.25, 0.3) is 0 Å². The minimum absolute atomic E-state index is 0.453. The summed E-state index contributed by atoms with van der Waals surface area (Å²) in [7, 11) is 0. The normalized spacial score (nSPS) is 14.4. The van der Waals surface area contributed by atoms with Gasteiger partial charge in [-0.15, -0.1) is 0 Å². The molecule has 14 heavy (non-hydrogen) atoms. The SMILES string of the molecule is CCOCc1nc(Cl)c2c(n1)CSC2. The number of hydrogen-bond donors (Lipinski definition) is 0. The lowest BCUT2D eigenvalue weighted by Crippen LogP contribution is -2.03. The second-order valence-corrected chi connectivity index (χ2v) is 4.33. The van der Waals surface area contributed by atoms with E-state index in [2.05, 4.69) is 9.97 Å². The van der Waals surface area contributed by atoms with Crippen molar-refractivity contribution < 1.29 is 4.74 Å². The number of nitrogens with zero attached hydrogens (tertiary/aromatic N) is 2. The quantitative estimate of drug-likeness (QED) is 0.747. The molecule has 0 atom stereocenters. The lowest BCUT2D eigenvalue weighted by atomic mass is 10.3. The zero-order valence-electron chi connectivity index (χ0n) is 7.92. The average Bonchev–Trinajstić information content (AvgIpc) is 2.63. The number of halogens is 1. The van der Waals surface area contributed by atoms with Crippen LogP contribution in [0, 0.1) is 0 Å². The molecule has 2 heterocycles. The summed E-state index contributed by atoms with van der Waals surface area (Å²) < 4.78 is 5.24. The van der Waals surface area contributed by atoms with Gasteiger partial charge in [0.05, 0.1) is 5.69 Å². The zero-order valence-corrected chi connectivity index (χ0v) is 9.49. The number of aromatic nitrogens is 2. The van der Waals surface area contributed by atoms with E-state index < -0.39 is 0 Å². The van der Waals surface area contributed by atoms with Gasteiger partial charge in [-0.1, -0.05) is 11.6 Å². The van der Waals surface area contributed by atoms with Crippen molar-refractivity contribution in [3.05, 3.63) is 22.2 Å². The molecule has 0 spiro atoms. The number of hydrogen-bond acceptors (Lipinski definition) is 4. The molecule has 1 aromatic heterocycles. The molecule has 1 aromatic rings. The van der Waals surface area contributed by atoms with E-state index in [0.29, 0.717) is 24.2 Å². The van der Waals surface area contributed by atoms with Crippen molar-refractivity contribution in [2.45, 2.75) is 25.0 Å². The van der Waals surface area contributed by atoms with Gasteiger partial charge in [0, 0.05) is 23.7 Å². The van der Waals surface area contributed by atoms with Gasteiger partial charge in [0.15, 0.2) is 5.82 Å². The number of rotatable bonds is 3. The summed E-state index contributed by atoms with van der Waals surface area (Å²) in [6, 6.07) is 0. The predicted molar refractivity (Wildman–Crippen MR) is 57.4 cm³/mol. The molecule has 0 bridgehead atoms. The Bertz CT molecular complexity index is 346. The first-order valence-electron chi connectivity index (χ1n) is 4.51. The van der Waals surface area contributed by atoms with Gasteiger partial charge in [-0.3, -0.25) is 0 Å². The van der Waals surface area contributed by atoms with Gasteiger partial charge in [0.1, 0.15) is 11.8 Å². The highest BCUT2D eigenvalue weighted by Gasteiger charge is 2.18. The third-order valence-electron chi connectivity index (χ3n) is 2.01. The van der Waals surface area contributed by atoms with E-state index in [9.17, 15) is 0 Å². The second kappa shape index (κ2) is 4.47. The second-order valence-electron chi connectivity index (χ2n) is 2.99. The van der Waals surface area contributed by atoms with E-state index in [1.54, 1.807) is 0 Å². The molecule has 0 saturated carbocycles. The van der Waals surface area contributed by atoms with Crippen molar-refractivity contribution in [3.8, 4) is 0 Å². The molecule has 0 unspecified atom stereocenters. The summed E-state index contributed by atoms with van der Waals surface area (Å²) in [4.78, 5) is 8.61. The van der Waals surface area contributed by atoms with Crippen LogP contribution in [-0.4, -0.2) is 16.6 Å². The summed E-state index contributed by atoms with van der Waals surface area (Å²) in [5.74, 6) is 2.57. The lowest BCUT2D eigenvalue weighted by molar-refractivity contribution is 0.128. The Labute approximate surface area is 92.2 Å². The summed E-state index contributed by atoms with van der Waals surface area (Å²) in [6.07, 6.45) is 0. The van der Waals surface area contributed by atoms with E-state index >= 15 is 0 Å². The molecule has 1 aliphatic heterocycles. The third kappa shape index (κ3) is 2.02. The average molecular weight is 231 g/mol. The molecule has 5 heteroatoms. The van der Waals surface area contributed by atoms with Crippen LogP contribution in [0.2, 0.25) is 5.15 Å². The number of fused-ring (bicyclic) bond motifs is 1. The molecule has 0 radical (unpaired) electrons. The topological polar surface area (TPSA) is 35.0 Å². The van der Waals surface area contributed by atoms with E-state index in [-0.39, 0.29) is 0 Å². The van der Waals surface area contributed by atoms with Gasteiger partial charge >= 0.3 is 0 Å². The fourth-order valence-electron chi connectivity index (χ4n) is 1.32. The maximum absolute atomic E-state index is 6.03. The van der Waals surface area contributed by atoms with Crippen LogP contribution in [0.1, 0.15) is 24.0 Å². The monoisotopic (exact) mass is 230 g/mol. The summed E-state index contributed by atoms with van der Waals surface area (Å²) >= 11 is 7.86. The fraction of sp³-hybridized carbons (Fsp3) is 0.556. The van der Waals surface area contributed by atoms with Crippen LogP contribution in [0.15, 0.2) is 0 Å². The maximum atomic E-state index is 6.03. The van der Waals surface area contributed by atoms with Gasteiger partial charge in [-0.2, -0.15) is 11.8 Å². The Kier molecular flexibility index (Phi) is 3.26. The highest BCUT2D eigenvalue weighted by molar-refractivity contribution is 7.98. The summed E-state index contributed by atoms with van der Waals surface area (Å²) in [6.45, 7) is 3.08. The Hall–Kier alpha value is -0.320. The first kappa shape index (κ1) is 10.2. The van der Waals surface area contributed by atoms with Crippen LogP contribution >= 0.6 is 23.4 Å². The lowest BCUT2D eigenvalue weighted by Gasteiger charge is -2.04. The molecule has 2 rings (SSSR count). The molecule has 0 aromatic carbocycles. The Balaban J connectivity index is 2.23. The third-order valence-corrected chi connectivity index (χ3v) is 3.29. The van der Waals surface area contributed by atoms with Crippen LogP contribution in [0.4, 0.5) is 0 Å². The predicted octanol–water partition coefficient (Wildman–Crippen LogP) is 2.41. The van der Waals surface area contributed by atoms with Crippen LogP contribution < -0.4 is 0 Å². The number of thioether (sulfide) groups is 1. The Morgan fingerprint density at radius 2 is 2.29 bits per heavy atom. The highest BCUT2D eigenvalue weighted by Crippen LogP contribution is 2.32. The van der Waals surface area contributed by atoms with Crippen LogP contribution in [-0.2, 0) is 22.8 Å². The maximum Gasteiger partial charge on any atom is 0.156 e. The fourth-order valence-corrected chi connectivity index (χ4v) is 2.71. The van der Waals surface area contributed by atoms with Crippen molar-refractivity contribution >= 4 is 23.4 Å². The first-order chi connectivity index (χ1) is 6.81.